The number of hydrogen-bond donors (Lipinski definition) is 1. The van der Waals surface area contributed by atoms with Crippen LogP contribution in [0.4, 0.5) is 5.69 Å². The summed E-state index contributed by atoms with van der Waals surface area (Å²) in [6.07, 6.45) is 1.49. The Morgan fingerprint density at radius 3 is 2.75 bits per heavy atom. The number of benzene rings is 1. The number of amides is 1. The minimum Gasteiger partial charge on any atom is -0.391 e. The number of nitro benzene ring substituents is 1. The second kappa shape index (κ2) is 5.58. The van der Waals surface area contributed by atoms with E-state index in [0.29, 0.717) is 11.1 Å². The van der Waals surface area contributed by atoms with Crippen LogP contribution in [0.25, 0.3) is 0 Å². The third kappa shape index (κ3) is 2.96. The molecule has 0 aromatic heterocycles. The lowest BCUT2D eigenvalue weighted by Crippen LogP contribution is -2.35. The van der Waals surface area contributed by atoms with Crippen LogP contribution in [0.5, 0.6) is 0 Å². The van der Waals surface area contributed by atoms with Crippen LogP contribution in [0.2, 0.25) is 0 Å². The first-order valence-corrected chi connectivity index (χ1v) is 6.59. The van der Waals surface area contributed by atoms with Crippen LogP contribution in [0.1, 0.15) is 28.8 Å². The molecule has 2 rings (SSSR count). The normalized spacial score (nSPS) is 15.8. The number of nitro groups is 1. The van der Waals surface area contributed by atoms with E-state index in [1.54, 1.807) is 20.0 Å². The van der Waals surface area contributed by atoms with Crippen LogP contribution in [0, 0.1) is 23.0 Å². The molecule has 20 heavy (non-hydrogen) atoms. The lowest BCUT2D eigenvalue weighted by Gasteiger charge is -2.21. The van der Waals surface area contributed by atoms with Gasteiger partial charge in [0.05, 0.1) is 11.0 Å². The number of nitrogens with zero attached hydrogens (tertiary/aromatic N) is 2. The minimum absolute atomic E-state index is 0.0630. The Bertz CT molecular complexity index is 540. The van der Waals surface area contributed by atoms with E-state index in [-0.39, 0.29) is 24.1 Å². The van der Waals surface area contributed by atoms with E-state index in [1.807, 2.05) is 0 Å². The molecule has 0 radical (unpaired) electrons. The maximum absolute atomic E-state index is 12.3. The van der Waals surface area contributed by atoms with Gasteiger partial charge in [0.25, 0.3) is 11.6 Å². The second-order valence-corrected chi connectivity index (χ2v) is 5.30. The van der Waals surface area contributed by atoms with Gasteiger partial charge in [-0.3, -0.25) is 14.9 Å². The molecule has 1 atom stereocenters. The monoisotopic (exact) mass is 278 g/mol. The van der Waals surface area contributed by atoms with Crippen molar-refractivity contribution in [2.75, 3.05) is 13.6 Å². The molecule has 6 nitrogen and oxygen atoms in total. The molecule has 1 aliphatic carbocycles. The van der Waals surface area contributed by atoms with Gasteiger partial charge in [0.1, 0.15) is 0 Å². The Balaban J connectivity index is 2.15. The molecule has 0 bridgehead atoms. The number of rotatable bonds is 5. The van der Waals surface area contributed by atoms with Gasteiger partial charge in [-0.1, -0.05) is 6.07 Å². The lowest BCUT2D eigenvalue weighted by molar-refractivity contribution is -0.385. The predicted octanol–water partition coefficient (Wildman–Crippen LogP) is 1.75. The van der Waals surface area contributed by atoms with Gasteiger partial charge in [-0.2, -0.15) is 0 Å². The van der Waals surface area contributed by atoms with Gasteiger partial charge < -0.3 is 10.0 Å². The van der Waals surface area contributed by atoms with E-state index in [0.717, 1.165) is 12.8 Å². The van der Waals surface area contributed by atoms with E-state index in [1.165, 1.54) is 17.0 Å². The first-order chi connectivity index (χ1) is 9.41. The highest BCUT2D eigenvalue weighted by atomic mass is 16.6. The van der Waals surface area contributed by atoms with E-state index in [4.69, 9.17) is 0 Å². The second-order valence-electron chi connectivity index (χ2n) is 5.30. The van der Waals surface area contributed by atoms with Gasteiger partial charge in [-0.25, -0.2) is 0 Å². The number of hydrogen-bond acceptors (Lipinski definition) is 4. The van der Waals surface area contributed by atoms with E-state index in [9.17, 15) is 20.0 Å². The molecule has 1 fully saturated rings. The Morgan fingerprint density at radius 2 is 2.20 bits per heavy atom. The van der Waals surface area contributed by atoms with Gasteiger partial charge in [-0.15, -0.1) is 0 Å². The highest BCUT2D eigenvalue weighted by Crippen LogP contribution is 2.33. The number of likely N-dealkylation sites (N-methyl/N-ethyl adjacent to an activating group) is 1. The fraction of sp³-hybridized carbons (Fsp3) is 0.500. The fourth-order valence-electron chi connectivity index (χ4n) is 2.25. The van der Waals surface area contributed by atoms with Crippen LogP contribution in [-0.4, -0.2) is 40.5 Å². The molecular weight excluding hydrogens is 260 g/mol. The van der Waals surface area contributed by atoms with Crippen molar-refractivity contribution >= 4 is 11.6 Å². The number of aliphatic hydroxyl groups excluding tert-OH is 1. The lowest BCUT2D eigenvalue weighted by atomic mass is 10.1. The summed E-state index contributed by atoms with van der Waals surface area (Å²) in [6, 6.07) is 4.46. The molecule has 1 N–H and O–H groups in total. The third-order valence-corrected chi connectivity index (χ3v) is 3.71. The Kier molecular flexibility index (Phi) is 4.04. The molecular formula is C14H18N2O4. The summed E-state index contributed by atoms with van der Waals surface area (Å²) < 4.78 is 0. The summed E-state index contributed by atoms with van der Waals surface area (Å²) in [6.45, 7) is 1.82. The topological polar surface area (TPSA) is 83.7 Å². The maximum atomic E-state index is 12.3. The van der Waals surface area contributed by atoms with Crippen molar-refractivity contribution in [2.45, 2.75) is 25.9 Å². The first-order valence-electron chi connectivity index (χ1n) is 6.59. The molecule has 0 spiro atoms. The first kappa shape index (κ1) is 14.5. The third-order valence-electron chi connectivity index (χ3n) is 3.71. The van der Waals surface area contributed by atoms with Gasteiger partial charge in [0.2, 0.25) is 0 Å². The Labute approximate surface area is 117 Å². The van der Waals surface area contributed by atoms with Crippen molar-refractivity contribution in [3.63, 3.8) is 0 Å². The summed E-state index contributed by atoms with van der Waals surface area (Å²) >= 11 is 0. The minimum atomic E-state index is -0.511. The van der Waals surface area contributed by atoms with Crippen molar-refractivity contribution in [1.82, 2.24) is 4.90 Å². The number of aliphatic hydroxyl groups is 1. The van der Waals surface area contributed by atoms with Crippen LogP contribution in [0.3, 0.4) is 0 Å². The zero-order valence-electron chi connectivity index (χ0n) is 11.6. The van der Waals surface area contributed by atoms with Crippen LogP contribution < -0.4 is 0 Å². The highest BCUT2D eigenvalue weighted by molar-refractivity contribution is 5.96. The average molecular weight is 278 g/mol. The highest BCUT2D eigenvalue weighted by Gasteiger charge is 2.31. The molecule has 1 amide bonds. The zero-order chi connectivity index (χ0) is 14.9. The smallest absolute Gasteiger partial charge is 0.273 e. The SMILES string of the molecule is Cc1c(C(=O)N(C)CC(O)C2CC2)cccc1[N+](=O)[O-]. The summed E-state index contributed by atoms with van der Waals surface area (Å²) in [4.78, 5) is 24.1. The molecule has 1 aromatic carbocycles. The summed E-state index contributed by atoms with van der Waals surface area (Å²) in [5.74, 6) is -0.0117. The number of carbonyl (C=O) groups is 1. The summed E-state index contributed by atoms with van der Waals surface area (Å²) in [7, 11) is 1.60. The Morgan fingerprint density at radius 1 is 1.55 bits per heavy atom. The van der Waals surface area contributed by atoms with Gasteiger partial charge in [0.15, 0.2) is 0 Å². The predicted molar refractivity (Wildman–Crippen MR) is 73.5 cm³/mol. The quantitative estimate of drug-likeness (QED) is 0.657. The van der Waals surface area contributed by atoms with Crippen LogP contribution in [0.15, 0.2) is 18.2 Å². The molecule has 0 aliphatic heterocycles. The van der Waals surface area contributed by atoms with Crippen LogP contribution in [-0.2, 0) is 0 Å². The van der Waals surface area contributed by atoms with Crippen molar-refractivity contribution in [3.05, 3.63) is 39.4 Å². The van der Waals surface area contributed by atoms with Gasteiger partial charge >= 0.3 is 0 Å². The summed E-state index contributed by atoms with van der Waals surface area (Å²) in [5, 5.41) is 20.7. The molecule has 1 saturated carbocycles. The van der Waals surface area contributed by atoms with E-state index >= 15 is 0 Å². The van der Waals surface area contributed by atoms with Crippen molar-refractivity contribution < 1.29 is 14.8 Å². The van der Waals surface area contributed by atoms with Crippen molar-refractivity contribution in [2.24, 2.45) is 5.92 Å². The standard InChI is InChI=1S/C14H18N2O4/c1-9-11(4-3-5-12(9)16(19)20)14(18)15(2)8-13(17)10-6-7-10/h3-5,10,13,17H,6-8H2,1-2H3. The molecule has 1 unspecified atom stereocenters. The Hall–Kier alpha value is -1.95. The van der Waals surface area contributed by atoms with Gasteiger partial charge in [0, 0.05) is 30.8 Å². The van der Waals surface area contributed by atoms with E-state index in [2.05, 4.69) is 0 Å². The molecule has 0 saturated heterocycles. The number of carbonyl (C=O) groups excluding carboxylic acids is 1. The largest absolute Gasteiger partial charge is 0.391 e. The van der Waals surface area contributed by atoms with Crippen LogP contribution >= 0.6 is 0 Å². The van der Waals surface area contributed by atoms with Crippen molar-refractivity contribution in [3.8, 4) is 0 Å². The van der Waals surface area contributed by atoms with Crippen molar-refractivity contribution in [1.29, 1.82) is 0 Å². The molecule has 1 aromatic rings. The molecule has 1 aliphatic rings. The molecule has 108 valence electrons. The molecule has 0 heterocycles. The zero-order valence-corrected chi connectivity index (χ0v) is 11.6. The van der Waals surface area contributed by atoms with Gasteiger partial charge in [-0.05, 0) is 31.7 Å². The molecule has 6 heteroatoms. The fourth-order valence-corrected chi connectivity index (χ4v) is 2.25. The summed E-state index contributed by atoms with van der Waals surface area (Å²) in [5.41, 5.74) is 0.604. The van der Waals surface area contributed by atoms with E-state index < -0.39 is 11.0 Å². The maximum Gasteiger partial charge on any atom is 0.273 e. The average Bonchev–Trinajstić information content (AvgIpc) is 3.22.